The van der Waals surface area contributed by atoms with Crippen molar-refractivity contribution in [3.05, 3.63) is 35.9 Å². The molecule has 0 bridgehead atoms. The van der Waals surface area contributed by atoms with Crippen LogP contribution in [-0.4, -0.2) is 37.0 Å². The summed E-state index contributed by atoms with van der Waals surface area (Å²) in [5.41, 5.74) is 0.930. The first-order valence-corrected chi connectivity index (χ1v) is 7.60. The first kappa shape index (κ1) is 16.3. The zero-order chi connectivity index (χ0) is 14.2. The van der Waals surface area contributed by atoms with Crippen LogP contribution in [0.4, 0.5) is 0 Å². The highest BCUT2D eigenvalue weighted by molar-refractivity contribution is 5.85. The van der Waals surface area contributed by atoms with Crippen LogP contribution < -0.4 is 5.32 Å². The van der Waals surface area contributed by atoms with E-state index in [9.17, 15) is 4.79 Å². The Balaban J connectivity index is 0.00000161. The fourth-order valence-corrected chi connectivity index (χ4v) is 3.63. The van der Waals surface area contributed by atoms with Crippen LogP contribution in [0.1, 0.15) is 19.4 Å². The molecule has 0 spiro atoms. The molecule has 3 nitrogen and oxygen atoms in total. The average molecular weight is 309 g/mol. The molecule has 3 rings (SSSR count). The molecule has 0 unspecified atom stereocenters. The number of fused-ring (bicyclic) bond motifs is 1. The van der Waals surface area contributed by atoms with Gasteiger partial charge in [-0.2, -0.15) is 0 Å². The Morgan fingerprint density at radius 3 is 2.33 bits per heavy atom. The predicted octanol–water partition coefficient (Wildman–Crippen LogP) is 2.35. The third-order valence-electron chi connectivity index (χ3n) is 4.74. The Hall–Kier alpha value is -1.06. The maximum Gasteiger partial charge on any atom is 0.228 e. The van der Waals surface area contributed by atoms with Crippen molar-refractivity contribution >= 4 is 18.3 Å². The molecule has 1 N–H and O–H groups in total. The number of nitrogens with zero attached hydrogens (tertiary/aromatic N) is 1. The van der Waals surface area contributed by atoms with Gasteiger partial charge in [0.15, 0.2) is 0 Å². The summed E-state index contributed by atoms with van der Waals surface area (Å²) in [5, 5.41) is 3.42. The number of carbonyl (C=O) groups is 1. The predicted molar refractivity (Wildman–Crippen MR) is 87.6 cm³/mol. The van der Waals surface area contributed by atoms with Gasteiger partial charge in [0.1, 0.15) is 0 Å². The molecular formula is C17H25ClN2O. The van der Waals surface area contributed by atoms with Gasteiger partial charge in [-0.3, -0.25) is 4.79 Å². The molecule has 0 saturated carbocycles. The molecule has 2 saturated heterocycles. The third-order valence-corrected chi connectivity index (χ3v) is 4.74. The van der Waals surface area contributed by atoms with Gasteiger partial charge in [0.05, 0.1) is 0 Å². The lowest BCUT2D eigenvalue weighted by molar-refractivity contribution is -0.139. The third kappa shape index (κ3) is 3.41. The van der Waals surface area contributed by atoms with Crippen LogP contribution in [0.2, 0.25) is 0 Å². The van der Waals surface area contributed by atoms with Gasteiger partial charge in [-0.25, -0.2) is 0 Å². The number of benzene rings is 1. The van der Waals surface area contributed by atoms with Gasteiger partial charge < -0.3 is 10.2 Å². The van der Waals surface area contributed by atoms with Crippen LogP contribution in [0.5, 0.6) is 0 Å². The highest BCUT2D eigenvalue weighted by atomic mass is 35.5. The molecule has 0 radical (unpaired) electrons. The first-order chi connectivity index (χ1) is 9.56. The summed E-state index contributed by atoms with van der Waals surface area (Å²) in [5.74, 6) is 1.66. The van der Waals surface area contributed by atoms with E-state index >= 15 is 0 Å². The maximum absolute atomic E-state index is 12.8. The fourth-order valence-electron chi connectivity index (χ4n) is 3.63. The standard InChI is InChI=1S/C17H24N2O.ClH/c1-17(2,8-13-6-4-3-5-7-13)16(20)19-11-14-9-18-10-15(14)12-19;/h3-7,14-15,18H,8-12H2,1-2H3;1H/t14-,15+;. The minimum atomic E-state index is -0.312. The quantitative estimate of drug-likeness (QED) is 0.929. The van der Waals surface area contributed by atoms with Crippen molar-refractivity contribution in [1.29, 1.82) is 0 Å². The van der Waals surface area contributed by atoms with Crippen molar-refractivity contribution < 1.29 is 4.79 Å². The van der Waals surface area contributed by atoms with Crippen LogP contribution in [0.15, 0.2) is 30.3 Å². The lowest BCUT2D eigenvalue weighted by atomic mass is 9.84. The fraction of sp³-hybridized carbons (Fsp3) is 0.588. The van der Waals surface area contributed by atoms with E-state index in [1.165, 1.54) is 5.56 Å². The van der Waals surface area contributed by atoms with Gasteiger partial charge in [0.25, 0.3) is 0 Å². The van der Waals surface area contributed by atoms with Gasteiger partial charge in [0, 0.05) is 31.6 Å². The van der Waals surface area contributed by atoms with Gasteiger partial charge >= 0.3 is 0 Å². The van der Waals surface area contributed by atoms with Crippen LogP contribution in [0.3, 0.4) is 0 Å². The largest absolute Gasteiger partial charge is 0.342 e. The van der Waals surface area contributed by atoms with Crippen molar-refractivity contribution in [3.8, 4) is 0 Å². The van der Waals surface area contributed by atoms with Crippen LogP contribution in [-0.2, 0) is 11.2 Å². The highest BCUT2D eigenvalue weighted by Crippen LogP contribution is 2.31. The van der Waals surface area contributed by atoms with Crippen LogP contribution in [0.25, 0.3) is 0 Å². The smallest absolute Gasteiger partial charge is 0.228 e. The molecule has 2 aliphatic heterocycles. The second kappa shape index (κ2) is 6.37. The molecule has 2 fully saturated rings. The topological polar surface area (TPSA) is 32.3 Å². The summed E-state index contributed by atoms with van der Waals surface area (Å²) < 4.78 is 0. The monoisotopic (exact) mass is 308 g/mol. The molecule has 1 amide bonds. The number of nitrogens with one attached hydrogen (secondary N) is 1. The average Bonchev–Trinajstić information content (AvgIpc) is 2.99. The number of rotatable bonds is 3. The summed E-state index contributed by atoms with van der Waals surface area (Å²) in [4.78, 5) is 14.9. The summed E-state index contributed by atoms with van der Waals surface area (Å²) >= 11 is 0. The van der Waals surface area contributed by atoms with Crippen LogP contribution >= 0.6 is 12.4 Å². The molecule has 116 valence electrons. The lowest BCUT2D eigenvalue weighted by Crippen LogP contribution is -2.42. The van der Waals surface area contributed by atoms with Gasteiger partial charge in [-0.15, -0.1) is 12.4 Å². The Bertz CT molecular complexity index is 477. The highest BCUT2D eigenvalue weighted by Gasteiger charge is 2.42. The Kier molecular flexibility index (Phi) is 4.95. The summed E-state index contributed by atoms with van der Waals surface area (Å²) in [6, 6.07) is 10.3. The zero-order valence-corrected chi connectivity index (χ0v) is 13.7. The number of carbonyl (C=O) groups excluding carboxylic acids is 1. The Labute approximate surface area is 133 Å². The molecule has 21 heavy (non-hydrogen) atoms. The SMILES string of the molecule is CC(C)(Cc1ccccc1)C(=O)N1C[C@H]2CNC[C@H]2C1.Cl. The Morgan fingerprint density at radius 1 is 1.19 bits per heavy atom. The maximum atomic E-state index is 12.8. The molecule has 1 aromatic carbocycles. The molecule has 0 aliphatic carbocycles. The molecule has 4 heteroatoms. The van der Waals surface area contributed by atoms with E-state index < -0.39 is 0 Å². The summed E-state index contributed by atoms with van der Waals surface area (Å²) in [7, 11) is 0. The van der Waals surface area contributed by atoms with Crippen molar-refractivity contribution in [3.63, 3.8) is 0 Å². The molecule has 2 atom stereocenters. The van der Waals surface area contributed by atoms with Crippen molar-refractivity contribution in [2.45, 2.75) is 20.3 Å². The van der Waals surface area contributed by atoms with E-state index in [1.807, 2.05) is 18.2 Å². The Morgan fingerprint density at radius 2 is 1.76 bits per heavy atom. The van der Waals surface area contributed by atoms with E-state index in [1.54, 1.807) is 0 Å². The lowest BCUT2D eigenvalue weighted by Gasteiger charge is -2.30. The van der Waals surface area contributed by atoms with Gasteiger partial charge in [-0.1, -0.05) is 44.2 Å². The number of likely N-dealkylation sites (tertiary alicyclic amines) is 1. The second-order valence-corrected chi connectivity index (χ2v) is 6.93. The molecule has 1 aromatic rings. The van der Waals surface area contributed by atoms with Crippen LogP contribution in [0, 0.1) is 17.3 Å². The van der Waals surface area contributed by atoms with E-state index in [-0.39, 0.29) is 17.8 Å². The van der Waals surface area contributed by atoms with Gasteiger partial charge in [0.2, 0.25) is 5.91 Å². The zero-order valence-electron chi connectivity index (χ0n) is 12.8. The molecule has 0 aromatic heterocycles. The van der Waals surface area contributed by atoms with E-state index in [2.05, 4.69) is 36.2 Å². The molecular weight excluding hydrogens is 284 g/mol. The number of hydrogen-bond donors (Lipinski definition) is 1. The summed E-state index contributed by atoms with van der Waals surface area (Å²) in [6.07, 6.45) is 0.816. The molecule has 2 aliphatic rings. The van der Waals surface area contributed by atoms with Crippen molar-refractivity contribution in [2.75, 3.05) is 26.2 Å². The normalized spacial score (nSPS) is 24.6. The second-order valence-electron chi connectivity index (χ2n) is 6.93. The van der Waals surface area contributed by atoms with E-state index in [0.29, 0.717) is 17.7 Å². The minimum Gasteiger partial charge on any atom is -0.342 e. The number of hydrogen-bond acceptors (Lipinski definition) is 2. The van der Waals surface area contributed by atoms with Crippen molar-refractivity contribution in [1.82, 2.24) is 10.2 Å². The van der Waals surface area contributed by atoms with E-state index in [0.717, 1.165) is 32.6 Å². The summed E-state index contributed by atoms with van der Waals surface area (Å²) in [6.45, 7) is 8.19. The number of amides is 1. The number of halogens is 1. The van der Waals surface area contributed by atoms with Gasteiger partial charge in [-0.05, 0) is 23.8 Å². The van der Waals surface area contributed by atoms with E-state index in [4.69, 9.17) is 0 Å². The minimum absolute atomic E-state index is 0. The molecule has 2 heterocycles. The van der Waals surface area contributed by atoms with Crippen molar-refractivity contribution in [2.24, 2.45) is 17.3 Å². The first-order valence-electron chi connectivity index (χ1n) is 7.60.